The molecule has 0 spiro atoms. The predicted molar refractivity (Wildman–Crippen MR) is 98.4 cm³/mol. The molecule has 4 nitrogen and oxygen atoms in total. The number of aryl methyl sites for hydroxylation is 2. The normalized spacial score (nSPS) is 11.0. The lowest BCUT2D eigenvalue weighted by molar-refractivity contribution is -0.135. The second kappa shape index (κ2) is 7.05. The van der Waals surface area contributed by atoms with Crippen LogP contribution >= 0.6 is 11.6 Å². The van der Waals surface area contributed by atoms with E-state index < -0.39 is 11.3 Å². The molecule has 0 unspecified atom stereocenters. The standard InChI is InChI=1S/C19H21ClN2O2/c1-12-8-13(2)10-16(9-12)22-18(24)19(3,4)17(23)21-15-7-5-6-14(20)11-15/h5-11H,1-4H3,(H,21,23)(H,22,24). The van der Waals surface area contributed by atoms with Crippen molar-refractivity contribution in [1.29, 1.82) is 0 Å². The highest BCUT2D eigenvalue weighted by molar-refractivity contribution is 6.31. The van der Waals surface area contributed by atoms with E-state index in [1.165, 1.54) is 0 Å². The van der Waals surface area contributed by atoms with Crippen LogP contribution in [0.3, 0.4) is 0 Å². The van der Waals surface area contributed by atoms with Gasteiger partial charge in [-0.3, -0.25) is 9.59 Å². The van der Waals surface area contributed by atoms with Crippen molar-refractivity contribution in [2.45, 2.75) is 27.7 Å². The predicted octanol–water partition coefficient (Wildman–Crippen LogP) is 4.56. The summed E-state index contributed by atoms with van der Waals surface area (Å²) in [6.45, 7) is 7.09. The molecule has 5 heteroatoms. The van der Waals surface area contributed by atoms with Crippen LogP contribution in [0.4, 0.5) is 11.4 Å². The Labute approximate surface area is 147 Å². The van der Waals surface area contributed by atoms with E-state index in [0.717, 1.165) is 11.1 Å². The average Bonchev–Trinajstić information content (AvgIpc) is 2.45. The van der Waals surface area contributed by atoms with Crippen LogP contribution < -0.4 is 10.6 Å². The first kappa shape index (κ1) is 18.0. The van der Waals surface area contributed by atoms with Crippen LogP contribution in [-0.4, -0.2) is 11.8 Å². The van der Waals surface area contributed by atoms with E-state index in [2.05, 4.69) is 10.6 Å². The molecule has 24 heavy (non-hydrogen) atoms. The number of amides is 2. The SMILES string of the molecule is Cc1cc(C)cc(NC(=O)C(C)(C)C(=O)Nc2cccc(Cl)c2)c1. The van der Waals surface area contributed by atoms with E-state index in [1.54, 1.807) is 38.1 Å². The lowest BCUT2D eigenvalue weighted by Crippen LogP contribution is -2.41. The van der Waals surface area contributed by atoms with Crippen LogP contribution in [0.5, 0.6) is 0 Å². The molecule has 2 aromatic carbocycles. The molecule has 0 fully saturated rings. The Kier molecular flexibility index (Phi) is 5.30. The van der Waals surface area contributed by atoms with Gasteiger partial charge in [0.1, 0.15) is 5.41 Å². The van der Waals surface area contributed by atoms with Crippen molar-refractivity contribution in [2.24, 2.45) is 5.41 Å². The third-order valence-electron chi connectivity index (χ3n) is 3.70. The third-order valence-corrected chi connectivity index (χ3v) is 3.93. The molecule has 0 aromatic heterocycles. The molecule has 0 radical (unpaired) electrons. The summed E-state index contributed by atoms with van der Waals surface area (Å²) in [6, 6.07) is 12.6. The largest absolute Gasteiger partial charge is 0.325 e. The van der Waals surface area contributed by atoms with Crippen molar-refractivity contribution in [1.82, 2.24) is 0 Å². The van der Waals surface area contributed by atoms with Crippen molar-refractivity contribution in [3.63, 3.8) is 0 Å². The smallest absolute Gasteiger partial charge is 0.239 e. The highest BCUT2D eigenvalue weighted by atomic mass is 35.5. The van der Waals surface area contributed by atoms with Gasteiger partial charge in [-0.15, -0.1) is 0 Å². The molecular weight excluding hydrogens is 324 g/mol. The number of carbonyl (C=O) groups excluding carboxylic acids is 2. The molecule has 0 atom stereocenters. The molecule has 126 valence electrons. The highest BCUT2D eigenvalue weighted by Gasteiger charge is 2.36. The fourth-order valence-electron chi connectivity index (χ4n) is 2.29. The molecule has 0 aliphatic carbocycles. The molecule has 0 aliphatic rings. The average molecular weight is 345 g/mol. The van der Waals surface area contributed by atoms with E-state index in [1.807, 2.05) is 32.0 Å². The number of hydrogen-bond acceptors (Lipinski definition) is 2. The minimum Gasteiger partial charge on any atom is -0.325 e. The number of carbonyl (C=O) groups is 2. The summed E-state index contributed by atoms with van der Waals surface area (Å²) >= 11 is 5.91. The first-order valence-electron chi connectivity index (χ1n) is 7.65. The molecule has 0 bridgehead atoms. The van der Waals surface area contributed by atoms with Crippen molar-refractivity contribution in [2.75, 3.05) is 10.6 Å². The number of benzene rings is 2. The second-order valence-corrected chi connectivity index (χ2v) is 6.86. The van der Waals surface area contributed by atoms with E-state index in [9.17, 15) is 9.59 Å². The lowest BCUT2D eigenvalue weighted by atomic mass is 9.90. The Hall–Kier alpha value is -2.33. The second-order valence-electron chi connectivity index (χ2n) is 6.42. The first-order chi connectivity index (χ1) is 11.2. The van der Waals surface area contributed by atoms with Gasteiger partial charge in [0.25, 0.3) is 0 Å². The van der Waals surface area contributed by atoms with Crippen LogP contribution in [0.1, 0.15) is 25.0 Å². The Bertz CT molecular complexity index is 764. The highest BCUT2D eigenvalue weighted by Crippen LogP contribution is 2.23. The Morgan fingerprint density at radius 1 is 0.875 bits per heavy atom. The van der Waals surface area contributed by atoms with Gasteiger partial charge >= 0.3 is 0 Å². The fraction of sp³-hybridized carbons (Fsp3) is 0.263. The quantitative estimate of drug-likeness (QED) is 0.799. The molecule has 0 heterocycles. The fourth-order valence-corrected chi connectivity index (χ4v) is 2.48. The van der Waals surface area contributed by atoms with Gasteiger partial charge in [-0.25, -0.2) is 0 Å². The van der Waals surface area contributed by atoms with Crippen LogP contribution in [0.2, 0.25) is 5.02 Å². The zero-order chi connectivity index (χ0) is 17.9. The molecule has 0 saturated heterocycles. The van der Waals surface area contributed by atoms with Gasteiger partial charge in [0.05, 0.1) is 0 Å². The monoisotopic (exact) mass is 344 g/mol. The number of anilines is 2. The lowest BCUT2D eigenvalue weighted by Gasteiger charge is -2.23. The van der Waals surface area contributed by atoms with Crippen LogP contribution in [0.15, 0.2) is 42.5 Å². The first-order valence-corrected chi connectivity index (χ1v) is 8.03. The van der Waals surface area contributed by atoms with E-state index >= 15 is 0 Å². The Morgan fingerprint density at radius 2 is 1.42 bits per heavy atom. The van der Waals surface area contributed by atoms with E-state index in [-0.39, 0.29) is 5.91 Å². The minimum atomic E-state index is -1.24. The van der Waals surface area contributed by atoms with Gasteiger partial charge in [-0.05, 0) is 69.2 Å². The maximum absolute atomic E-state index is 12.6. The maximum atomic E-state index is 12.6. The van der Waals surface area contributed by atoms with Gasteiger partial charge in [0.15, 0.2) is 0 Å². The summed E-state index contributed by atoms with van der Waals surface area (Å²) in [5.74, 6) is -0.765. The van der Waals surface area contributed by atoms with Gasteiger partial charge in [-0.1, -0.05) is 23.7 Å². The number of rotatable bonds is 4. The van der Waals surface area contributed by atoms with E-state index in [0.29, 0.717) is 16.4 Å². The van der Waals surface area contributed by atoms with Crippen LogP contribution in [0.25, 0.3) is 0 Å². The topological polar surface area (TPSA) is 58.2 Å². The van der Waals surface area contributed by atoms with Crippen molar-refractivity contribution in [3.8, 4) is 0 Å². The molecule has 2 N–H and O–H groups in total. The zero-order valence-corrected chi connectivity index (χ0v) is 15.0. The summed E-state index contributed by atoms with van der Waals surface area (Å²) in [7, 11) is 0. The third kappa shape index (κ3) is 4.36. The zero-order valence-electron chi connectivity index (χ0n) is 14.2. The van der Waals surface area contributed by atoms with Crippen LogP contribution in [-0.2, 0) is 9.59 Å². The van der Waals surface area contributed by atoms with Crippen molar-refractivity contribution >= 4 is 34.8 Å². The number of nitrogens with one attached hydrogen (secondary N) is 2. The van der Waals surface area contributed by atoms with Crippen molar-refractivity contribution in [3.05, 3.63) is 58.6 Å². The summed E-state index contributed by atoms with van der Waals surface area (Å²) in [5, 5.41) is 6.06. The Balaban J connectivity index is 2.12. The maximum Gasteiger partial charge on any atom is 0.239 e. The van der Waals surface area contributed by atoms with Gasteiger partial charge in [0.2, 0.25) is 11.8 Å². The molecule has 2 rings (SSSR count). The summed E-state index contributed by atoms with van der Waals surface area (Å²) in [4.78, 5) is 25.1. The Morgan fingerprint density at radius 3 is 1.96 bits per heavy atom. The summed E-state index contributed by atoms with van der Waals surface area (Å²) in [6.07, 6.45) is 0. The summed E-state index contributed by atoms with van der Waals surface area (Å²) in [5.41, 5.74) is 2.10. The van der Waals surface area contributed by atoms with E-state index in [4.69, 9.17) is 11.6 Å². The molecule has 2 amide bonds. The van der Waals surface area contributed by atoms with Gasteiger partial charge in [0, 0.05) is 16.4 Å². The van der Waals surface area contributed by atoms with Crippen molar-refractivity contribution < 1.29 is 9.59 Å². The number of halogens is 1. The van der Waals surface area contributed by atoms with Gasteiger partial charge in [-0.2, -0.15) is 0 Å². The minimum absolute atomic E-state index is 0.368. The van der Waals surface area contributed by atoms with Gasteiger partial charge < -0.3 is 10.6 Å². The molecular formula is C19H21ClN2O2. The molecule has 0 saturated carbocycles. The number of hydrogen-bond donors (Lipinski definition) is 2. The molecule has 2 aromatic rings. The summed E-state index contributed by atoms with van der Waals surface area (Å²) < 4.78 is 0. The van der Waals surface area contributed by atoms with Crippen LogP contribution in [0, 0.1) is 19.3 Å². The molecule has 0 aliphatic heterocycles.